The second-order valence-corrected chi connectivity index (χ2v) is 6.46. The van der Waals surface area contributed by atoms with Gasteiger partial charge in [0.15, 0.2) is 0 Å². The Balaban J connectivity index is 2.22. The van der Waals surface area contributed by atoms with Crippen molar-refractivity contribution in [1.82, 2.24) is 4.90 Å². The van der Waals surface area contributed by atoms with Crippen LogP contribution in [0.5, 0.6) is 0 Å². The van der Waals surface area contributed by atoms with Gasteiger partial charge in [-0.3, -0.25) is 19.7 Å². The molecule has 7 heteroatoms. The number of hydrogen-bond acceptors (Lipinski definition) is 5. The Hall–Kier alpha value is -3.74. The van der Waals surface area contributed by atoms with Crippen LogP contribution in [0, 0.1) is 17.0 Å². The van der Waals surface area contributed by atoms with Crippen molar-refractivity contribution in [2.24, 2.45) is 0 Å². The van der Waals surface area contributed by atoms with Crippen LogP contribution in [0.15, 0.2) is 66.8 Å². The fourth-order valence-electron chi connectivity index (χ4n) is 3.23. The maximum atomic E-state index is 12.7. The summed E-state index contributed by atoms with van der Waals surface area (Å²) < 4.78 is 0. The number of nitro benzene ring substituents is 1. The lowest BCUT2D eigenvalue weighted by molar-refractivity contribution is -0.384. The van der Waals surface area contributed by atoms with Crippen molar-refractivity contribution < 1.29 is 19.6 Å². The lowest BCUT2D eigenvalue weighted by Crippen LogP contribution is -2.29. The zero-order valence-electron chi connectivity index (χ0n) is 15.2. The lowest BCUT2D eigenvalue weighted by atomic mass is 9.95. The van der Waals surface area contributed by atoms with Crippen LogP contribution in [-0.4, -0.2) is 33.2 Å². The largest absolute Gasteiger partial charge is 0.507 e. The molecule has 0 saturated carbocycles. The van der Waals surface area contributed by atoms with Crippen LogP contribution in [0.1, 0.15) is 22.7 Å². The van der Waals surface area contributed by atoms with E-state index < -0.39 is 22.7 Å². The smallest absolute Gasteiger partial charge is 0.295 e. The van der Waals surface area contributed by atoms with E-state index in [9.17, 15) is 24.8 Å². The van der Waals surface area contributed by atoms with Gasteiger partial charge in [-0.15, -0.1) is 6.58 Å². The number of non-ortho nitro benzene ring substituents is 1. The Morgan fingerprint density at radius 3 is 2.54 bits per heavy atom. The van der Waals surface area contributed by atoms with Gasteiger partial charge in [-0.05, 0) is 12.5 Å². The number of Topliss-reactive ketones (excluding diaryl/α,β-unsaturated/α-hetero) is 1. The first-order chi connectivity index (χ1) is 13.3. The number of nitrogens with zero attached hydrogens (tertiary/aromatic N) is 2. The predicted molar refractivity (Wildman–Crippen MR) is 103 cm³/mol. The Morgan fingerprint density at radius 1 is 1.25 bits per heavy atom. The molecular formula is C21H18N2O5. The maximum Gasteiger partial charge on any atom is 0.295 e. The fraction of sp³-hybridized carbons (Fsp3) is 0.143. The highest BCUT2D eigenvalue weighted by Gasteiger charge is 2.45. The third-order valence-corrected chi connectivity index (χ3v) is 4.59. The summed E-state index contributed by atoms with van der Waals surface area (Å²) in [5, 5.41) is 22.0. The minimum absolute atomic E-state index is 0.0581. The molecule has 1 atom stereocenters. The van der Waals surface area contributed by atoms with Gasteiger partial charge in [0, 0.05) is 24.2 Å². The average Bonchev–Trinajstić information content (AvgIpc) is 2.93. The van der Waals surface area contributed by atoms with Gasteiger partial charge in [-0.25, -0.2) is 0 Å². The van der Waals surface area contributed by atoms with E-state index in [4.69, 9.17) is 0 Å². The van der Waals surface area contributed by atoms with Crippen LogP contribution in [-0.2, 0) is 9.59 Å². The summed E-state index contributed by atoms with van der Waals surface area (Å²) in [6.07, 6.45) is 1.46. The number of aryl methyl sites for hydroxylation is 1. The van der Waals surface area contributed by atoms with E-state index in [1.807, 2.05) is 6.92 Å². The molecule has 0 radical (unpaired) electrons. The summed E-state index contributed by atoms with van der Waals surface area (Å²) in [5.74, 6) is -1.94. The van der Waals surface area contributed by atoms with Gasteiger partial charge in [0.2, 0.25) is 0 Å². The molecule has 0 spiro atoms. The van der Waals surface area contributed by atoms with Gasteiger partial charge in [0.25, 0.3) is 17.4 Å². The zero-order chi connectivity index (χ0) is 20.4. The fourth-order valence-corrected chi connectivity index (χ4v) is 3.23. The Labute approximate surface area is 161 Å². The number of likely N-dealkylation sites (tertiary alicyclic amines) is 1. The number of aliphatic hydroxyl groups excluding tert-OH is 1. The molecule has 1 N–H and O–H groups in total. The van der Waals surface area contributed by atoms with Gasteiger partial charge in [0.1, 0.15) is 5.76 Å². The van der Waals surface area contributed by atoms with Crippen molar-refractivity contribution in [2.45, 2.75) is 13.0 Å². The molecule has 2 aromatic rings. The van der Waals surface area contributed by atoms with Crippen molar-refractivity contribution in [3.05, 3.63) is 93.6 Å². The van der Waals surface area contributed by atoms with E-state index in [1.165, 1.54) is 29.2 Å². The number of carbonyl (C=O) groups excluding carboxylic acids is 2. The molecule has 1 heterocycles. The molecule has 2 aromatic carbocycles. The van der Waals surface area contributed by atoms with Gasteiger partial charge >= 0.3 is 0 Å². The van der Waals surface area contributed by atoms with Gasteiger partial charge in [-0.2, -0.15) is 0 Å². The number of ketones is 1. The topological polar surface area (TPSA) is 101 Å². The molecule has 7 nitrogen and oxygen atoms in total. The first kappa shape index (κ1) is 19.0. The first-order valence-electron chi connectivity index (χ1n) is 8.56. The van der Waals surface area contributed by atoms with Crippen molar-refractivity contribution in [2.75, 3.05) is 6.54 Å². The molecule has 1 amide bonds. The monoisotopic (exact) mass is 378 g/mol. The summed E-state index contributed by atoms with van der Waals surface area (Å²) >= 11 is 0. The number of hydrogen-bond donors (Lipinski definition) is 1. The number of benzene rings is 2. The highest BCUT2D eigenvalue weighted by atomic mass is 16.6. The van der Waals surface area contributed by atoms with Crippen molar-refractivity contribution in [3.8, 4) is 0 Å². The van der Waals surface area contributed by atoms with Crippen LogP contribution in [0.2, 0.25) is 0 Å². The quantitative estimate of drug-likeness (QED) is 0.214. The number of rotatable bonds is 5. The van der Waals surface area contributed by atoms with Gasteiger partial charge < -0.3 is 10.0 Å². The van der Waals surface area contributed by atoms with Crippen molar-refractivity contribution >= 4 is 23.1 Å². The second kappa shape index (κ2) is 7.48. The average molecular weight is 378 g/mol. The summed E-state index contributed by atoms with van der Waals surface area (Å²) in [6, 6.07) is 11.6. The van der Waals surface area contributed by atoms with E-state index in [1.54, 1.807) is 30.3 Å². The molecule has 0 unspecified atom stereocenters. The summed E-state index contributed by atoms with van der Waals surface area (Å²) in [6.45, 7) is 5.55. The third-order valence-electron chi connectivity index (χ3n) is 4.59. The summed E-state index contributed by atoms with van der Waals surface area (Å²) in [7, 11) is 0. The van der Waals surface area contributed by atoms with Gasteiger partial charge in [-0.1, -0.05) is 48.0 Å². The van der Waals surface area contributed by atoms with Crippen LogP contribution in [0.3, 0.4) is 0 Å². The molecule has 3 rings (SSSR count). The van der Waals surface area contributed by atoms with Crippen LogP contribution in [0.25, 0.3) is 5.76 Å². The molecule has 28 heavy (non-hydrogen) atoms. The number of nitro groups is 1. The van der Waals surface area contributed by atoms with Crippen molar-refractivity contribution in [3.63, 3.8) is 0 Å². The summed E-state index contributed by atoms with van der Waals surface area (Å²) in [4.78, 5) is 37.1. The Morgan fingerprint density at radius 2 is 1.93 bits per heavy atom. The number of aliphatic hydroxyl groups is 1. The normalized spacial score (nSPS) is 18.3. The standard InChI is InChI=1S/C21H18N2O5/c1-3-11-22-18(15-5-4-6-16(12-15)23(27)28)17(20(25)21(22)26)19(24)14-9-7-13(2)8-10-14/h3-10,12,18,24H,1,11H2,2H3/t18-/m1/s1. The van der Waals surface area contributed by atoms with E-state index in [2.05, 4.69) is 6.58 Å². The molecule has 142 valence electrons. The maximum absolute atomic E-state index is 12.7. The Kier molecular flexibility index (Phi) is 5.08. The predicted octanol–water partition coefficient (Wildman–Crippen LogP) is 3.51. The second-order valence-electron chi connectivity index (χ2n) is 6.46. The van der Waals surface area contributed by atoms with Gasteiger partial charge in [0.05, 0.1) is 16.5 Å². The molecular weight excluding hydrogens is 360 g/mol. The van der Waals surface area contributed by atoms with Crippen molar-refractivity contribution in [1.29, 1.82) is 0 Å². The molecule has 0 aromatic heterocycles. The van der Waals surface area contributed by atoms with E-state index in [0.717, 1.165) is 5.56 Å². The van der Waals surface area contributed by atoms with Crippen LogP contribution >= 0.6 is 0 Å². The minimum atomic E-state index is -0.945. The van der Waals surface area contributed by atoms with E-state index >= 15 is 0 Å². The number of carbonyl (C=O) groups is 2. The molecule has 1 fully saturated rings. The highest BCUT2D eigenvalue weighted by molar-refractivity contribution is 6.46. The highest BCUT2D eigenvalue weighted by Crippen LogP contribution is 2.40. The molecule has 1 saturated heterocycles. The molecule has 1 aliphatic rings. The van der Waals surface area contributed by atoms with E-state index in [0.29, 0.717) is 11.1 Å². The first-order valence-corrected chi connectivity index (χ1v) is 8.56. The SMILES string of the molecule is C=CCN1C(=O)C(=O)C(=C(O)c2ccc(C)cc2)[C@H]1c1cccc([N+](=O)[O-])c1. The number of amides is 1. The zero-order valence-corrected chi connectivity index (χ0v) is 15.2. The van der Waals surface area contributed by atoms with Crippen LogP contribution < -0.4 is 0 Å². The lowest BCUT2D eigenvalue weighted by Gasteiger charge is -2.23. The minimum Gasteiger partial charge on any atom is -0.507 e. The Bertz CT molecular complexity index is 1010. The molecule has 0 aliphatic carbocycles. The third kappa shape index (κ3) is 3.29. The molecule has 1 aliphatic heterocycles. The summed E-state index contributed by atoms with van der Waals surface area (Å²) in [5.41, 5.74) is 1.45. The van der Waals surface area contributed by atoms with E-state index in [-0.39, 0.29) is 23.6 Å². The molecule has 0 bridgehead atoms. The van der Waals surface area contributed by atoms with Crippen LogP contribution in [0.4, 0.5) is 5.69 Å².